The van der Waals surface area contributed by atoms with Gasteiger partial charge in [-0.3, -0.25) is 14.5 Å². The lowest BCUT2D eigenvalue weighted by Gasteiger charge is -2.41. The van der Waals surface area contributed by atoms with Gasteiger partial charge in [-0.2, -0.15) is 0 Å². The van der Waals surface area contributed by atoms with Crippen LogP contribution in [0.4, 0.5) is 11.4 Å². The number of ether oxygens (including phenoxy) is 2. The number of carbonyl (C=O) groups is 3. The van der Waals surface area contributed by atoms with Crippen molar-refractivity contribution in [3.63, 3.8) is 0 Å². The smallest absolute Gasteiger partial charge is 0.338 e. The zero-order chi connectivity index (χ0) is 20.5. The lowest BCUT2D eigenvalue weighted by Crippen LogP contribution is -2.59. The third-order valence-corrected chi connectivity index (χ3v) is 4.73. The highest BCUT2D eigenvalue weighted by Crippen LogP contribution is 2.36. The molecule has 1 aliphatic heterocycles. The summed E-state index contributed by atoms with van der Waals surface area (Å²) in [5, 5.41) is 2.79. The monoisotopic (exact) mass is 382 g/mol. The number of esters is 1. The predicted molar refractivity (Wildman–Crippen MR) is 105 cm³/mol. The molecule has 0 fully saturated rings. The Labute approximate surface area is 163 Å². The molecule has 7 nitrogen and oxygen atoms in total. The summed E-state index contributed by atoms with van der Waals surface area (Å²) in [7, 11) is 1.52. The maximum atomic E-state index is 12.9. The van der Waals surface area contributed by atoms with Gasteiger partial charge in [-0.05, 0) is 50.6 Å². The van der Waals surface area contributed by atoms with Gasteiger partial charge >= 0.3 is 5.97 Å². The van der Waals surface area contributed by atoms with E-state index in [9.17, 15) is 14.4 Å². The van der Waals surface area contributed by atoms with E-state index in [1.54, 1.807) is 56.3 Å². The number of amides is 2. The molecule has 0 unspecified atom stereocenters. The maximum absolute atomic E-state index is 12.9. The van der Waals surface area contributed by atoms with Crippen molar-refractivity contribution in [3.8, 4) is 5.75 Å². The first kappa shape index (κ1) is 19.4. The van der Waals surface area contributed by atoms with Crippen LogP contribution >= 0.6 is 0 Å². The molecule has 3 rings (SSSR count). The zero-order valence-electron chi connectivity index (χ0n) is 16.2. The molecule has 146 valence electrons. The van der Waals surface area contributed by atoms with Crippen LogP contribution in [0.15, 0.2) is 42.5 Å². The van der Waals surface area contributed by atoms with Gasteiger partial charge < -0.3 is 14.8 Å². The molecule has 0 aliphatic carbocycles. The number of benzene rings is 2. The fraction of sp³-hybridized carbons (Fsp3) is 0.286. The second kappa shape index (κ2) is 7.34. The molecule has 2 amide bonds. The SMILES string of the molecule is COc1cc(C(=O)OCC(=O)N2c3ccccc3NC(=O)C2(C)C)ccc1C. The van der Waals surface area contributed by atoms with Crippen molar-refractivity contribution in [1.29, 1.82) is 0 Å². The molecule has 0 saturated carbocycles. The standard InChI is InChI=1S/C21H22N2O5/c1-13-9-10-14(11-17(13)27-4)19(25)28-12-18(24)23-16-8-6-5-7-15(16)22-20(26)21(23,2)3/h5-11H,12H2,1-4H3,(H,22,26). The van der Waals surface area contributed by atoms with Crippen LogP contribution in [0.3, 0.4) is 0 Å². The zero-order valence-corrected chi connectivity index (χ0v) is 16.2. The Bertz CT molecular complexity index is 952. The molecule has 1 N–H and O–H groups in total. The van der Waals surface area contributed by atoms with E-state index in [2.05, 4.69) is 5.32 Å². The van der Waals surface area contributed by atoms with Crippen LogP contribution in [0.25, 0.3) is 0 Å². The minimum absolute atomic E-state index is 0.284. The van der Waals surface area contributed by atoms with E-state index in [1.165, 1.54) is 12.0 Å². The Morgan fingerprint density at radius 3 is 2.57 bits per heavy atom. The van der Waals surface area contributed by atoms with Gasteiger partial charge in [0.25, 0.3) is 5.91 Å². The number of methoxy groups -OCH3 is 1. The molecule has 1 heterocycles. The third-order valence-electron chi connectivity index (χ3n) is 4.73. The van der Waals surface area contributed by atoms with Crippen molar-refractivity contribution in [2.75, 3.05) is 23.9 Å². The molecule has 2 aromatic carbocycles. The lowest BCUT2D eigenvalue weighted by atomic mass is 9.96. The molecule has 7 heteroatoms. The van der Waals surface area contributed by atoms with E-state index in [1.807, 2.05) is 6.92 Å². The number of carbonyl (C=O) groups excluding carboxylic acids is 3. The maximum Gasteiger partial charge on any atom is 0.338 e. The average Bonchev–Trinajstić information content (AvgIpc) is 2.67. The molecular weight excluding hydrogens is 360 g/mol. The Hall–Kier alpha value is -3.35. The number of anilines is 2. The molecule has 28 heavy (non-hydrogen) atoms. The summed E-state index contributed by atoms with van der Waals surface area (Å²) < 4.78 is 10.4. The van der Waals surface area contributed by atoms with Crippen molar-refractivity contribution in [3.05, 3.63) is 53.6 Å². The van der Waals surface area contributed by atoms with Gasteiger partial charge in [0.1, 0.15) is 11.3 Å². The molecule has 0 radical (unpaired) electrons. The van der Waals surface area contributed by atoms with Crippen molar-refractivity contribution < 1.29 is 23.9 Å². The Morgan fingerprint density at radius 2 is 1.86 bits per heavy atom. The van der Waals surface area contributed by atoms with E-state index >= 15 is 0 Å². The normalized spacial score (nSPS) is 14.7. The molecule has 0 atom stereocenters. The summed E-state index contributed by atoms with van der Waals surface area (Å²) in [6.45, 7) is 4.66. The fourth-order valence-corrected chi connectivity index (χ4v) is 3.12. The van der Waals surface area contributed by atoms with Crippen molar-refractivity contribution in [2.45, 2.75) is 26.3 Å². The van der Waals surface area contributed by atoms with Crippen LogP contribution in [0.2, 0.25) is 0 Å². The first-order chi connectivity index (χ1) is 13.3. The lowest BCUT2D eigenvalue weighted by molar-refractivity contribution is -0.128. The number of rotatable bonds is 4. The molecule has 0 spiro atoms. The summed E-state index contributed by atoms with van der Waals surface area (Å²) in [5.41, 5.74) is 1.14. The number of nitrogens with one attached hydrogen (secondary N) is 1. The van der Waals surface area contributed by atoms with Crippen LogP contribution in [-0.2, 0) is 14.3 Å². The van der Waals surface area contributed by atoms with Crippen LogP contribution in [0.1, 0.15) is 29.8 Å². The molecule has 1 aliphatic rings. The highest BCUT2D eigenvalue weighted by molar-refractivity contribution is 6.14. The van der Waals surface area contributed by atoms with Crippen molar-refractivity contribution >= 4 is 29.2 Å². The van der Waals surface area contributed by atoms with E-state index < -0.39 is 24.0 Å². The first-order valence-corrected chi connectivity index (χ1v) is 8.81. The molecule has 0 aromatic heterocycles. The van der Waals surface area contributed by atoms with E-state index in [0.717, 1.165) is 5.56 Å². The van der Waals surface area contributed by atoms with Gasteiger partial charge in [0.2, 0.25) is 5.91 Å². The highest BCUT2D eigenvalue weighted by atomic mass is 16.5. The minimum atomic E-state index is -1.12. The van der Waals surface area contributed by atoms with Gasteiger partial charge in [0.15, 0.2) is 6.61 Å². The van der Waals surface area contributed by atoms with Crippen molar-refractivity contribution in [2.24, 2.45) is 0 Å². The second-order valence-electron chi connectivity index (χ2n) is 7.02. The summed E-state index contributed by atoms with van der Waals surface area (Å²) in [6.07, 6.45) is 0. The van der Waals surface area contributed by atoms with Crippen LogP contribution in [0, 0.1) is 6.92 Å². The Kier molecular flexibility index (Phi) is 5.09. The average molecular weight is 382 g/mol. The van der Waals surface area contributed by atoms with Gasteiger partial charge in [-0.15, -0.1) is 0 Å². The van der Waals surface area contributed by atoms with Crippen LogP contribution in [-0.4, -0.2) is 37.0 Å². The summed E-state index contributed by atoms with van der Waals surface area (Å²) >= 11 is 0. The van der Waals surface area contributed by atoms with Gasteiger partial charge in [0.05, 0.1) is 24.0 Å². The summed E-state index contributed by atoms with van der Waals surface area (Å²) in [4.78, 5) is 39.0. The largest absolute Gasteiger partial charge is 0.496 e. The summed E-state index contributed by atoms with van der Waals surface area (Å²) in [5.74, 6) is -0.878. The minimum Gasteiger partial charge on any atom is -0.496 e. The quantitative estimate of drug-likeness (QED) is 0.822. The number of fused-ring (bicyclic) bond motifs is 1. The Morgan fingerprint density at radius 1 is 1.14 bits per heavy atom. The van der Waals surface area contributed by atoms with Gasteiger partial charge in [-0.1, -0.05) is 18.2 Å². The Balaban J connectivity index is 1.79. The number of nitrogens with zero attached hydrogens (tertiary/aromatic N) is 1. The third kappa shape index (κ3) is 3.43. The molecular formula is C21H22N2O5. The number of hydrogen-bond donors (Lipinski definition) is 1. The van der Waals surface area contributed by atoms with Crippen molar-refractivity contribution in [1.82, 2.24) is 0 Å². The van der Waals surface area contributed by atoms with Crippen LogP contribution in [0.5, 0.6) is 5.75 Å². The first-order valence-electron chi connectivity index (χ1n) is 8.81. The fourth-order valence-electron chi connectivity index (χ4n) is 3.12. The van der Waals surface area contributed by atoms with E-state index in [-0.39, 0.29) is 11.5 Å². The molecule has 0 saturated heterocycles. The highest BCUT2D eigenvalue weighted by Gasteiger charge is 2.43. The second-order valence-corrected chi connectivity index (χ2v) is 7.02. The van der Waals surface area contributed by atoms with Gasteiger partial charge in [-0.25, -0.2) is 4.79 Å². The number of hydrogen-bond acceptors (Lipinski definition) is 5. The van der Waals surface area contributed by atoms with Gasteiger partial charge in [0, 0.05) is 0 Å². The molecule has 2 aromatic rings. The van der Waals surface area contributed by atoms with E-state index in [0.29, 0.717) is 17.1 Å². The van der Waals surface area contributed by atoms with Crippen LogP contribution < -0.4 is 15.0 Å². The number of para-hydroxylation sites is 2. The molecule has 0 bridgehead atoms. The summed E-state index contributed by atoms with van der Waals surface area (Å²) in [6, 6.07) is 11.9. The predicted octanol–water partition coefficient (Wildman–Crippen LogP) is 2.92. The van der Waals surface area contributed by atoms with E-state index in [4.69, 9.17) is 9.47 Å². The number of aryl methyl sites for hydroxylation is 1. The topological polar surface area (TPSA) is 84.9 Å².